The smallest absolute Gasteiger partial charge is 0.141 e. The second-order valence-corrected chi connectivity index (χ2v) is 5.40. The van der Waals surface area contributed by atoms with E-state index in [0.29, 0.717) is 12.6 Å². The van der Waals surface area contributed by atoms with Gasteiger partial charge >= 0.3 is 0 Å². The van der Waals surface area contributed by atoms with Gasteiger partial charge in [-0.15, -0.1) is 0 Å². The topological polar surface area (TPSA) is 52.0 Å². The maximum absolute atomic E-state index is 5.90. The minimum absolute atomic E-state index is 0.211. The lowest BCUT2D eigenvalue weighted by atomic mass is 10.1. The molecule has 1 aromatic carbocycles. The summed E-state index contributed by atoms with van der Waals surface area (Å²) >= 11 is 0. The summed E-state index contributed by atoms with van der Waals surface area (Å²) in [5.41, 5.74) is 1.30. The first kappa shape index (κ1) is 13.1. The predicted octanol–water partition coefficient (Wildman–Crippen LogP) is 1.95. The normalized spacial score (nSPS) is 17.2. The predicted molar refractivity (Wildman–Crippen MR) is 76.7 cm³/mol. The van der Waals surface area contributed by atoms with Crippen LogP contribution in [0.1, 0.15) is 31.3 Å². The van der Waals surface area contributed by atoms with E-state index < -0.39 is 0 Å². The molecule has 1 unspecified atom stereocenters. The lowest BCUT2D eigenvalue weighted by Crippen LogP contribution is -2.30. The van der Waals surface area contributed by atoms with Gasteiger partial charge in [-0.1, -0.05) is 18.2 Å². The van der Waals surface area contributed by atoms with Gasteiger partial charge in [0.15, 0.2) is 0 Å². The molecule has 106 valence electrons. The van der Waals surface area contributed by atoms with Gasteiger partial charge < -0.3 is 10.1 Å². The van der Waals surface area contributed by atoms with Crippen molar-refractivity contribution in [3.8, 4) is 5.75 Å². The van der Waals surface area contributed by atoms with Gasteiger partial charge in [-0.25, -0.2) is 9.67 Å². The minimum atomic E-state index is 0.211. The maximum atomic E-state index is 5.90. The molecule has 0 fully saturated rings. The van der Waals surface area contributed by atoms with Crippen molar-refractivity contribution >= 4 is 0 Å². The summed E-state index contributed by atoms with van der Waals surface area (Å²) in [7, 11) is 0. The second kappa shape index (κ2) is 5.63. The van der Waals surface area contributed by atoms with E-state index in [4.69, 9.17) is 4.74 Å². The first-order valence-corrected chi connectivity index (χ1v) is 7.07. The molecule has 0 radical (unpaired) electrons. The number of nitrogens with zero attached hydrogens (tertiary/aromatic N) is 3. The van der Waals surface area contributed by atoms with E-state index in [1.54, 1.807) is 6.33 Å². The number of nitrogens with one attached hydrogen (secondary N) is 1. The quantitative estimate of drug-likeness (QED) is 0.904. The van der Waals surface area contributed by atoms with Crippen molar-refractivity contribution in [2.24, 2.45) is 0 Å². The molecule has 1 aromatic heterocycles. The van der Waals surface area contributed by atoms with Crippen LogP contribution < -0.4 is 10.1 Å². The summed E-state index contributed by atoms with van der Waals surface area (Å²) in [6.07, 6.45) is 2.79. The molecule has 0 saturated carbocycles. The summed E-state index contributed by atoms with van der Waals surface area (Å²) in [5.74, 6) is 1.99. The van der Waals surface area contributed by atoms with E-state index in [2.05, 4.69) is 41.4 Å². The number of ether oxygens (including phenoxy) is 1. The third-order valence-corrected chi connectivity index (χ3v) is 3.51. The summed E-state index contributed by atoms with van der Waals surface area (Å²) < 4.78 is 7.84. The molecule has 5 heteroatoms. The van der Waals surface area contributed by atoms with Crippen LogP contribution in [-0.2, 0) is 13.0 Å². The summed E-state index contributed by atoms with van der Waals surface area (Å²) in [6.45, 7) is 5.75. The molecule has 0 bridgehead atoms. The molecule has 2 aromatic rings. The number of benzene rings is 1. The van der Waals surface area contributed by atoms with Crippen molar-refractivity contribution in [1.29, 1.82) is 0 Å². The third-order valence-electron chi connectivity index (χ3n) is 3.51. The van der Waals surface area contributed by atoms with Gasteiger partial charge in [0.2, 0.25) is 0 Å². The highest BCUT2D eigenvalue weighted by atomic mass is 16.5. The van der Waals surface area contributed by atoms with Crippen LogP contribution >= 0.6 is 0 Å². The third kappa shape index (κ3) is 2.67. The van der Waals surface area contributed by atoms with Crippen molar-refractivity contribution in [1.82, 2.24) is 20.1 Å². The zero-order valence-electron chi connectivity index (χ0n) is 11.9. The fraction of sp³-hybridized carbons (Fsp3) is 0.467. The lowest BCUT2D eigenvalue weighted by Gasteiger charge is -2.13. The van der Waals surface area contributed by atoms with E-state index in [1.165, 1.54) is 5.56 Å². The second-order valence-electron chi connectivity index (χ2n) is 5.40. The SMILES string of the molecule is CC(C)n1ncnc1CNCC1Cc2ccccc2O1. The van der Waals surface area contributed by atoms with Crippen molar-refractivity contribution in [3.05, 3.63) is 42.0 Å². The van der Waals surface area contributed by atoms with Gasteiger partial charge in [-0.05, 0) is 25.5 Å². The molecule has 20 heavy (non-hydrogen) atoms. The van der Waals surface area contributed by atoms with E-state index >= 15 is 0 Å². The van der Waals surface area contributed by atoms with Crippen molar-refractivity contribution in [2.75, 3.05) is 6.54 Å². The minimum Gasteiger partial charge on any atom is -0.488 e. The molecule has 3 rings (SSSR count). The lowest BCUT2D eigenvalue weighted by molar-refractivity contribution is 0.226. The standard InChI is InChI=1S/C15H20N4O/c1-11(2)19-15(17-10-18-19)9-16-8-13-7-12-5-3-4-6-14(12)20-13/h3-6,10-11,13,16H,7-9H2,1-2H3. The molecule has 1 N–H and O–H groups in total. The molecule has 0 saturated heterocycles. The Labute approximate surface area is 119 Å². The van der Waals surface area contributed by atoms with Crippen molar-refractivity contribution in [3.63, 3.8) is 0 Å². The molecular weight excluding hydrogens is 252 g/mol. The Kier molecular flexibility index (Phi) is 3.69. The van der Waals surface area contributed by atoms with E-state index in [0.717, 1.165) is 24.5 Å². The van der Waals surface area contributed by atoms with Crippen LogP contribution in [0.15, 0.2) is 30.6 Å². The molecule has 2 heterocycles. The molecule has 1 aliphatic heterocycles. The van der Waals surface area contributed by atoms with Crippen LogP contribution in [-0.4, -0.2) is 27.4 Å². The van der Waals surface area contributed by atoms with Gasteiger partial charge in [-0.3, -0.25) is 0 Å². The van der Waals surface area contributed by atoms with Gasteiger partial charge in [0.1, 0.15) is 24.0 Å². The fourth-order valence-electron chi connectivity index (χ4n) is 2.54. The van der Waals surface area contributed by atoms with E-state index in [9.17, 15) is 0 Å². The highest BCUT2D eigenvalue weighted by Crippen LogP contribution is 2.27. The van der Waals surface area contributed by atoms with Gasteiger partial charge in [0, 0.05) is 19.0 Å². The van der Waals surface area contributed by atoms with Crippen LogP contribution in [0.4, 0.5) is 0 Å². The van der Waals surface area contributed by atoms with Crippen molar-refractivity contribution < 1.29 is 4.74 Å². The number of rotatable bonds is 5. The summed E-state index contributed by atoms with van der Waals surface area (Å²) in [5, 5.41) is 7.64. The van der Waals surface area contributed by atoms with Crippen LogP contribution in [0.25, 0.3) is 0 Å². The van der Waals surface area contributed by atoms with Crippen LogP contribution in [0.5, 0.6) is 5.75 Å². The first-order chi connectivity index (χ1) is 9.74. The van der Waals surface area contributed by atoms with Crippen molar-refractivity contribution in [2.45, 2.75) is 39.0 Å². The largest absolute Gasteiger partial charge is 0.488 e. The number of hydrogen-bond donors (Lipinski definition) is 1. The maximum Gasteiger partial charge on any atom is 0.141 e. The highest BCUT2D eigenvalue weighted by Gasteiger charge is 2.21. The Morgan fingerprint density at radius 2 is 2.25 bits per heavy atom. The Balaban J connectivity index is 1.51. The zero-order valence-corrected chi connectivity index (χ0v) is 11.9. The van der Waals surface area contributed by atoms with E-state index in [-0.39, 0.29) is 6.10 Å². The molecule has 0 aliphatic carbocycles. The average molecular weight is 272 g/mol. The molecule has 0 spiro atoms. The molecular formula is C15H20N4O. The van der Waals surface area contributed by atoms with Crippen LogP contribution in [0.2, 0.25) is 0 Å². The summed E-state index contributed by atoms with van der Waals surface area (Å²) in [4.78, 5) is 4.29. The highest BCUT2D eigenvalue weighted by molar-refractivity contribution is 5.37. The zero-order chi connectivity index (χ0) is 13.9. The first-order valence-electron chi connectivity index (χ1n) is 7.07. The summed E-state index contributed by atoms with van der Waals surface area (Å²) in [6, 6.07) is 8.57. The number of aromatic nitrogens is 3. The fourth-order valence-corrected chi connectivity index (χ4v) is 2.54. The Morgan fingerprint density at radius 3 is 3.05 bits per heavy atom. The Hall–Kier alpha value is -1.88. The van der Waals surface area contributed by atoms with Gasteiger partial charge in [0.05, 0.1) is 6.54 Å². The van der Waals surface area contributed by atoms with Gasteiger partial charge in [-0.2, -0.15) is 5.10 Å². The van der Waals surface area contributed by atoms with Crippen LogP contribution in [0, 0.1) is 0 Å². The van der Waals surface area contributed by atoms with Gasteiger partial charge in [0.25, 0.3) is 0 Å². The molecule has 5 nitrogen and oxygen atoms in total. The molecule has 1 aliphatic rings. The monoisotopic (exact) mass is 272 g/mol. The van der Waals surface area contributed by atoms with Crippen LogP contribution in [0.3, 0.4) is 0 Å². The Morgan fingerprint density at radius 1 is 1.40 bits per heavy atom. The Bertz CT molecular complexity index is 554. The van der Waals surface area contributed by atoms with E-state index in [1.807, 2.05) is 16.8 Å². The number of hydrogen-bond acceptors (Lipinski definition) is 4. The number of fused-ring (bicyclic) bond motifs is 1. The molecule has 0 amide bonds. The average Bonchev–Trinajstić information content (AvgIpc) is 3.04. The molecule has 1 atom stereocenters. The number of para-hydroxylation sites is 1.